The fourth-order valence-corrected chi connectivity index (χ4v) is 2.44. The Labute approximate surface area is 130 Å². The Morgan fingerprint density at radius 3 is 2.32 bits per heavy atom. The number of amides is 2. The fourth-order valence-electron chi connectivity index (χ4n) is 2.44. The summed E-state index contributed by atoms with van der Waals surface area (Å²) in [7, 11) is 0. The Hall–Kier alpha value is -1.63. The lowest BCUT2D eigenvalue weighted by Crippen LogP contribution is -2.47. The molecule has 0 aromatic rings. The second kappa shape index (κ2) is 10.2. The average Bonchev–Trinajstić information content (AvgIpc) is 2.43. The van der Waals surface area contributed by atoms with Gasteiger partial charge in [-0.1, -0.05) is 32.1 Å². The van der Waals surface area contributed by atoms with E-state index in [0.29, 0.717) is 0 Å². The fraction of sp³-hybridized carbons (Fsp3) is 0.800. The Kier molecular flexibility index (Phi) is 8.50. The van der Waals surface area contributed by atoms with Gasteiger partial charge in [0.15, 0.2) is 0 Å². The normalized spacial score (nSPS) is 17.9. The van der Waals surface area contributed by atoms with E-state index in [2.05, 4.69) is 10.6 Å². The van der Waals surface area contributed by atoms with Crippen molar-refractivity contribution >= 4 is 17.8 Å². The first-order chi connectivity index (χ1) is 10.5. The van der Waals surface area contributed by atoms with Crippen LogP contribution in [0.25, 0.3) is 0 Å². The molecule has 0 aliphatic heterocycles. The van der Waals surface area contributed by atoms with Gasteiger partial charge in [-0.15, -0.1) is 0 Å². The molecule has 7 nitrogen and oxygen atoms in total. The quantitative estimate of drug-likeness (QED) is 0.645. The second-order valence-electron chi connectivity index (χ2n) is 5.68. The van der Waals surface area contributed by atoms with Crippen LogP contribution in [0.15, 0.2) is 0 Å². The number of carboxylic acids is 1. The van der Waals surface area contributed by atoms with E-state index in [1.54, 1.807) is 0 Å². The molecule has 0 heterocycles. The van der Waals surface area contributed by atoms with E-state index in [1.807, 2.05) is 0 Å². The van der Waals surface area contributed by atoms with Crippen LogP contribution in [0.5, 0.6) is 0 Å². The standard InChI is InChI=1S/C15H26N2O5/c1-11(15(21)16-9-14(19)20)17-13(18)10-22-12-7-5-3-2-4-6-8-12/h11-12H,2-10H2,1H3,(H,16,21)(H,17,18)(H,19,20). The molecule has 0 radical (unpaired) electrons. The highest BCUT2D eigenvalue weighted by Crippen LogP contribution is 2.19. The van der Waals surface area contributed by atoms with Crippen molar-refractivity contribution in [2.24, 2.45) is 0 Å². The Morgan fingerprint density at radius 1 is 1.14 bits per heavy atom. The minimum atomic E-state index is -1.13. The van der Waals surface area contributed by atoms with E-state index in [0.717, 1.165) is 25.7 Å². The van der Waals surface area contributed by atoms with Crippen LogP contribution in [0.1, 0.15) is 51.9 Å². The summed E-state index contributed by atoms with van der Waals surface area (Å²) in [6.07, 6.45) is 8.02. The van der Waals surface area contributed by atoms with Crippen LogP contribution < -0.4 is 10.6 Å². The monoisotopic (exact) mass is 314 g/mol. The van der Waals surface area contributed by atoms with Crippen LogP contribution in [0.4, 0.5) is 0 Å². The van der Waals surface area contributed by atoms with Gasteiger partial charge in [0.2, 0.25) is 11.8 Å². The highest BCUT2D eigenvalue weighted by Gasteiger charge is 2.18. The number of aliphatic carboxylic acids is 1. The molecule has 1 rings (SSSR count). The molecule has 126 valence electrons. The lowest BCUT2D eigenvalue weighted by atomic mass is 9.99. The third kappa shape index (κ3) is 7.97. The molecule has 22 heavy (non-hydrogen) atoms. The number of nitrogens with one attached hydrogen (secondary N) is 2. The number of rotatable bonds is 7. The maximum atomic E-state index is 11.8. The predicted molar refractivity (Wildman–Crippen MR) is 80.3 cm³/mol. The summed E-state index contributed by atoms with van der Waals surface area (Å²) in [5, 5.41) is 13.2. The summed E-state index contributed by atoms with van der Waals surface area (Å²) in [6, 6.07) is -0.784. The van der Waals surface area contributed by atoms with Crippen LogP contribution in [0.3, 0.4) is 0 Å². The predicted octanol–water partition coefficient (Wildman–Crippen LogP) is 0.821. The number of carbonyl (C=O) groups excluding carboxylic acids is 2. The third-order valence-electron chi connectivity index (χ3n) is 3.69. The highest BCUT2D eigenvalue weighted by molar-refractivity contribution is 5.89. The van der Waals surface area contributed by atoms with Crippen molar-refractivity contribution in [1.29, 1.82) is 0 Å². The molecule has 3 N–H and O–H groups in total. The minimum absolute atomic E-state index is 0.0682. The van der Waals surface area contributed by atoms with Gasteiger partial charge >= 0.3 is 5.97 Å². The highest BCUT2D eigenvalue weighted by atomic mass is 16.5. The molecule has 1 unspecified atom stereocenters. The molecule has 0 aromatic heterocycles. The molecule has 1 saturated carbocycles. The van der Waals surface area contributed by atoms with Crippen molar-refractivity contribution in [3.63, 3.8) is 0 Å². The van der Waals surface area contributed by atoms with E-state index in [1.165, 1.54) is 26.2 Å². The van der Waals surface area contributed by atoms with Gasteiger partial charge in [-0.05, 0) is 19.8 Å². The molecule has 1 fully saturated rings. The summed E-state index contributed by atoms with van der Waals surface area (Å²) < 4.78 is 5.62. The first-order valence-electron chi connectivity index (χ1n) is 7.89. The molecule has 1 atom stereocenters. The molecule has 0 bridgehead atoms. The molecule has 1 aliphatic carbocycles. The summed E-state index contributed by atoms with van der Waals surface area (Å²) in [5.74, 6) is -2.01. The maximum Gasteiger partial charge on any atom is 0.322 e. The van der Waals surface area contributed by atoms with Gasteiger partial charge in [0.05, 0.1) is 6.10 Å². The smallest absolute Gasteiger partial charge is 0.322 e. The molecular formula is C15H26N2O5. The van der Waals surface area contributed by atoms with Crippen LogP contribution in [0.2, 0.25) is 0 Å². The number of hydrogen-bond acceptors (Lipinski definition) is 4. The molecule has 7 heteroatoms. The van der Waals surface area contributed by atoms with E-state index >= 15 is 0 Å². The molecule has 0 spiro atoms. The largest absolute Gasteiger partial charge is 0.480 e. The van der Waals surface area contributed by atoms with E-state index in [9.17, 15) is 14.4 Å². The molecule has 1 aliphatic rings. The van der Waals surface area contributed by atoms with Crippen LogP contribution >= 0.6 is 0 Å². The van der Waals surface area contributed by atoms with Crippen molar-refractivity contribution in [2.75, 3.05) is 13.2 Å². The first kappa shape index (κ1) is 18.4. The number of carboxylic acid groups (broad SMARTS) is 1. The summed E-state index contributed by atoms with van der Waals surface area (Å²) in [4.78, 5) is 33.7. The van der Waals surface area contributed by atoms with Crippen molar-refractivity contribution in [1.82, 2.24) is 10.6 Å². The van der Waals surface area contributed by atoms with E-state index < -0.39 is 24.5 Å². The first-order valence-corrected chi connectivity index (χ1v) is 7.89. The van der Waals surface area contributed by atoms with Crippen LogP contribution in [0, 0.1) is 0 Å². The molecule has 0 saturated heterocycles. The van der Waals surface area contributed by atoms with Gasteiger partial charge in [-0.3, -0.25) is 14.4 Å². The molecule has 0 aromatic carbocycles. The van der Waals surface area contributed by atoms with Gasteiger partial charge in [-0.25, -0.2) is 0 Å². The van der Waals surface area contributed by atoms with Crippen LogP contribution in [-0.4, -0.2) is 48.2 Å². The number of ether oxygens (including phenoxy) is 1. The Morgan fingerprint density at radius 2 is 1.73 bits per heavy atom. The topological polar surface area (TPSA) is 105 Å². The van der Waals surface area contributed by atoms with E-state index in [4.69, 9.17) is 9.84 Å². The third-order valence-corrected chi connectivity index (χ3v) is 3.69. The van der Waals surface area contributed by atoms with Gasteiger partial charge < -0.3 is 20.5 Å². The second-order valence-corrected chi connectivity index (χ2v) is 5.68. The number of carbonyl (C=O) groups is 3. The maximum absolute atomic E-state index is 11.8. The minimum Gasteiger partial charge on any atom is -0.480 e. The van der Waals surface area contributed by atoms with E-state index in [-0.39, 0.29) is 18.6 Å². The molecule has 2 amide bonds. The lowest BCUT2D eigenvalue weighted by molar-refractivity contribution is -0.138. The lowest BCUT2D eigenvalue weighted by Gasteiger charge is -2.20. The summed E-state index contributed by atoms with van der Waals surface area (Å²) in [5.41, 5.74) is 0. The van der Waals surface area contributed by atoms with Gasteiger partial charge in [0.1, 0.15) is 19.2 Å². The zero-order valence-electron chi connectivity index (χ0n) is 13.1. The average molecular weight is 314 g/mol. The SMILES string of the molecule is CC(NC(=O)COC1CCCCCCC1)C(=O)NCC(=O)O. The van der Waals surface area contributed by atoms with Gasteiger partial charge in [-0.2, -0.15) is 0 Å². The summed E-state index contributed by atoms with van der Waals surface area (Å²) in [6.45, 7) is 0.976. The van der Waals surface area contributed by atoms with Crippen molar-refractivity contribution in [3.05, 3.63) is 0 Å². The van der Waals surface area contributed by atoms with Crippen LogP contribution in [-0.2, 0) is 19.1 Å². The van der Waals surface area contributed by atoms with Gasteiger partial charge in [0.25, 0.3) is 0 Å². The Balaban J connectivity index is 2.23. The Bertz CT molecular complexity index is 378. The number of hydrogen-bond donors (Lipinski definition) is 3. The zero-order chi connectivity index (χ0) is 16.4. The van der Waals surface area contributed by atoms with Gasteiger partial charge in [0, 0.05) is 0 Å². The van der Waals surface area contributed by atoms with Crippen molar-refractivity contribution in [3.8, 4) is 0 Å². The molecular weight excluding hydrogens is 288 g/mol. The van der Waals surface area contributed by atoms with Crippen molar-refractivity contribution in [2.45, 2.75) is 64.0 Å². The summed E-state index contributed by atoms with van der Waals surface area (Å²) >= 11 is 0. The van der Waals surface area contributed by atoms with Crippen molar-refractivity contribution < 1.29 is 24.2 Å². The zero-order valence-corrected chi connectivity index (χ0v) is 13.1.